The molecule has 0 saturated carbocycles. The molecule has 1 unspecified atom stereocenters. The zero-order valence-electron chi connectivity index (χ0n) is 8.34. The number of benzene rings is 1. The molecule has 0 bridgehead atoms. The van der Waals surface area contributed by atoms with Crippen LogP contribution in [0.3, 0.4) is 0 Å². The zero-order chi connectivity index (χ0) is 12.1. The standard InChI is InChI=1S/C11H10F2N2O/c1-2-3-10(14)11(16)15-9-5-7(12)4-8(13)6-9/h1,4-6,10H,3,14H2,(H,15,16). The van der Waals surface area contributed by atoms with Gasteiger partial charge in [0.25, 0.3) is 0 Å². The maximum atomic E-state index is 12.8. The van der Waals surface area contributed by atoms with Crippen LogP contribution in [-0.4, -0.2) is 11.9 Å². The highest BCUT2D eigenvalue weighted by atomic mass is 19.1. The summed E-state index contributed by atoms with van der Waals surface area (Å²) in [4.78, 5) is 11.3. The summed E-state index contributed by atoms with van der Waals surface area (Å²) in [6.45, 7) is 0. The number of carbonyl (C=O) groups is 1. The SMILES string of the molecule is C#CCC(N)C(=O)Nc1cc(F)cc(F)c1. The number of terminal acetylenes is 1. The van der Waals surface area contributed by atoms with Crippen LogP contribution in [0.5, 0.6) is 0 Å². The third kappa shape index (κ3) is 3.33. The van der Waals surface area contributed by atoms with E-state index in [1.54, 1.807) is 0 Å². The van der Waals surface area contributed by atoms with E-state index >= 15 is 0 Å². The highest BCUT2D eigenvalue weighted by molar-refractivity contribution is 5.94. The molecule has 0 aliphatic carbocycles. The Labute approximate surface area is 91.6 Å². The van der Waals surface area contributed by atoms with E-state index in [0.717, 1.165) is 12.1 Å². The fourth-order valence-electron chi connectivity index (χ4n) is 1.08. The smallest absolute Gasteiger partial charge is 0.242 e. The molecule has 1 amide bonds. The van der Waals surface area contributed by atoms with Gasteiger partial charge in [-0.15, -0.1) is 12.3 Å². The molecule has 1 aromatic rings. The summed E-state index contributed by atoms with van der Waals surface area (Å²) in [5.41, 5.74) is 5.42. The predicted molar refractivity (Wildman–Crippen MR) is 56.4 cm³/mol. The number of hydrogen-bond acceptors (Lipinski definition) is 2. The highest BCUT2D eigenvalue weighted by Crippen LogP contribution is 2.13. The van der Waals surface area contributed by atoms with Crippen molar-refractivity contribution in [2.24, 2.45) is 5.73 Å². The lowest BCUT2D eigenvalue weighted by Gasteiger charge is -2.09. The van der Waals surface area contributed by atoms with Crippen molar-refractivity contribution < 1.29 is 13.6 Å². The summed E-state index contributed by atoms with van der Waals surface area (Å²) in [7, 11) is 0. The van der Waals surface area contributed by atoms with E-state index in [1.807, 2.05) is 0 Å². The molecule has 0 fully saturated rings. The van der Waals surface area contributed by atoms with Gasteiger partial charge in [-0.05, 0) is 12.1 Å². The average molecular weight is 224 g/mol. The van der Waals surface area contributed by atoms with Crippen molar-refractivity contribution in [2.45, 2.75) is 12.5 Å². The van der Waals surface area contributed by atoms with Gasteiger partial charge in [0.2, 0.25) is 5.91 Å². The van der Waals surface area contributed by atoms with Crippen molar-refractivity contribution >= 4 is 11.6 Å². The highest BCUT2D eigenvalue weighted by Gasteiger charge is 2.12. The van der Waals surface area contributed by atoms with Crippen LogP contribution in [0, 0.1) is 24.0 Å². The van der Waals surface area contributed by atoms with E-state index < -0.39 is 23.6 Å². The Morgan fingerprint density at radius 1 is 1.44 bits per heavy atom. The van der Waals surface area contributed by atoms with Gasteiger partial charge in [-0.3, -0.25) is 4.79 Å². The molecular formula is C11H10F2N2O. The van der Waals surface area contributed by atoms with Gasteiger partial charge in [0, 0.05) is 18.2 Å². The Balaban J connectivity index is 2.73. The van der Waals surface area contributed by atoms with Crippen LogP contribution in [0.2, 0.25) is 0 Å². The molecule has 5 heteroatoms. The Bertz CT molecular complexity index is 420. The van der Waals surface area contributed by atoms with Crippen molar-refractivity contribution in [1.82, 2.24) is 0 Å². The first-order valence-electron chi connectivity index (χ1n) is 4.49. The molecule has 3 nitrogen and oxygen atoms in total. The second kappa shape index (κ2) is 5.24. The van der Waals surface area contributed by atoms with Crippen molar-refractivity contribution in [1.29, 1.82) is 0 Å². The van der Waals surface area contributed by atoms with Gasteiger partial charge in [0.05, 0.1) is 6.04 Å². The number of amides is 1. The molecule has 1 aromatic carbocycles. The summed E-state index contributed by atoms with van der Waals surface area (Å²) in [6.07, 6.45) is 5.04. The summed E-state index contributed by atoms with van der Waals surface area (Å²) in [5.74, 6) is 0.0883. The Morgan fingerprint density at radius 3 is 2.50 bits per heavy atom. The fourth-order valence-corrected chi connectivity index (χ4v) is 1.08. The van der Waals surface area contributed by atoms with Gasteiger partial charge in [-0.2, -0.15) is 0 Å². The molecule has 1 rings (SSSR count). The van der Waals surface area contributed by atoms with Gasteiger partial charge in [0.1, 0.15) is 11.6 Å². The van der Waals surface area contributed by atoms with Crippen molar-refractivity contribution in [2.75, 3.05) is 5.32 Å². The van der Waals surface area contributed by atoms with E-state index in [1.165, 1.54) is 0 Å². The number of nitrogens with two attached hydrogens (primary N) is 1. The number of hydrogen-bond donors (Lipinski definition) is 2. The Kier molecular flexibility index (Phi) is 3.97. The molecule has 0 aliphatic rings. The van der Waals surface area contributed by atoms with Crippen LogP contribution in [0.1, 0.15) is 6.42 Å². The second-order valence-electron chi connectivity index (χ2n) is 3.16. The number of rotatable bonds is 3. The second-order valence-corrected chi connectivity index (χ2v) is 3.16. The van der Waals surface area contributed by atoms with Crippen molar-refractivity contribution in [3.05, 3.63) is 29.8 Å². The summed E-state index contributed by atoms with van der Waals surface area (Å²) < 4.78 is 25.5. The minimum absolute atomic E-state index is 0.00923. The summed E-state index contributed by atoms with van der Waals surface area (Å²) in [5, 5.41) is 2.27. The normalized spacial score (nSPS) is 11.6. The summed E-state index contributed by atoms with van der Waals surface area (Å²) in [6, 6.07) is 1.79. The van der Waals surface area contributed by atoms with Crippen molar-refractivity contribution in [3.8, 4) is 12.3 Å². The first kappa shape index (κ1) is 12.1. The molecule has 16 heavy (non-hydrogen) atoms. The molecule has 3 N–H and O–H groups in total. The number of carbonyl (C=O) groups excluding carboxylic acids is 1. The predicted octanol–water partition coefficient (Wildman–Crippen LogP) is 1.25. The average Bonchev–Trinajstić information content (AvgIpc) is 2.16. The lowest BCUT2D eigenvalue weighted by Crippen LogP contribution is -2.35. The van der Waals surface area contributed by atoms with Crippen molar-refractivity contribution in [3.63, 3.8) is 0 Å². The summed E-state index contributed by atoms with van der Waals surface area (Å²) >= 11 is 0. The number of nitrogens with one attached hydrogen (secondary N) is 1. The molecule has 0 aliphatic heterocycles. The minimum Gasteiger partial charge on any atom is -0.324 e. The number of anilines is 1. The van der Waals surface area contributed by atoms with E-state index in [9.17, 15) is 13.6 Å². The first-order chi connectivity index (χ1) is 7.52. The molecule has 0 spiro atoms. The molecule has 0 radical (unpaired) electrons. The molecule has 0 heterocycles. The molecule has 1 atom stereocenters. The third-order valence-corrected chi connectivity index (χ3v) is 1.80. The van der Waals surface area contributed by atoms with Gasteiger partial charge in [-0.25, -0.2) is 8.78 Å². The van der Waals surface area contributed by atoms with Crippen LogP contribution in [0.25, 0.3) is 0 Å². The van der Waals surface area contributed by atoms with Crippen LogP contribution >= 0.6 is 0 Å². The lowest BCUT2D eigenvalue weighted by atomic mass is 10.2. The molecule has 0 aromatic heterocycles. The van der Waals surface area contributed by atoms with Gasteiger partial charge in [-0.1, -0.05) is 0 Å². The van der Waals surface area contributed by atoms with Gasteiger partial charge < -0.3 is 11.1 Å². The van der Waals surface area contributed by atoms with Crippen LogP contribution in [-0.2, 0) is 4.79 Å². The van der Waals surface area contributed by atoms with Crippen LogP contribution < -0.4 is 11.1 Å². The molecule has 84 valence electrons. The maximum absolute atomic E-state index is 12.8. The number of halogens is 2. The van der Waals surface area contributed by atoms with E-state index in [-0.39, 0.29) is 12.1 Å². The Hall–Kier alpha value is -1.93. The van der Waals surface area contributed by atoms with Gasteiger partial charge >= 0.3 is 0 Å². The first-order valence-corrected chi connectivity index (χ1v) is 4.49. The lowest BCUT2D eigenvalue weighted by molar-refractivity contribution is -0.117. The zero-order valence-corrected chi connectivity index (χ0v) is 8.34. The molecular weight excluding hydrogens is 214 g/mol. The third-order valence-electron chi connectivity index (χ3n) is 1.80. The maximum Gasteiger partial charge on any atom is 0.242 e. The topological polar surface area (TPSA) is 55.1 Å². The van der Waals surface area contributed by atoms with E-state index in [2.05, 4.69) is 11.2 Å². The largest absolute Gasteiger partial charge is 0.324 e. The quantitative estimate of drug-likeness (QED) is 0.759. The van der Waals surface area contributed by atoms with E-state index in [0.29, 0.717) is 6.07 Å². The molecule has 0 saturated heterocycles. The minimum atomic E-state index is -0.892. The monoisotopic (exact) mass is 224 g/mol. The van der Waals surface area contributed by atoms with E-state index in [4.69, 9.17) is 12.2 Å². The van der Waals surface area contributed by atoms with Gasteiger partial charge in [0.15, 0.2) is 0 Å². The Morgan fingerprint density at radius 2 is 2.00 bits per heavy atom. The van der Waals surface area contributed by atoms with Crippen LogP contribution in [0.4, 0.5) is 14.5 Å². The van der Waals surface area contributed by atoms with Crippen LogP contribution in [0.15, 0.2) is 18.2 Å². The fraction of sp³-hybridized carbons (Fsp3) is 0.182.